The van der Waals surface area contributed by atoms with Gasteiger partial charge in [0.05, 0.1) is 6.10 Å². The normalized spacial score (nSPS) is 27.0. The fraction of sp³-hybridized carbons (Fsp3) is 0.556. The number of β-amino-alcohol motifs (C(OH)–C–C–N with tert-alkyl or cyclic N) is 1. The zero-order valence-corrected chi connectivity index (χ0v) is 14.4. The molecular weight excluding hydrogens is 338 g/mol. The van der Waals surface area contributed by atoms with Crippen LogP contribution in [0.2, 0.25) is 0 Å². The molecule has 0 spiro atoms. The number of carbonyl (C=O) groups is 2. The van der Waals surface area contributed by atoms with Crippen LogP contribution in [0.4, 0.5) is 0 Å². The standard InChI is InChI=1S/C18H23N3O5/c22-14-9-19-7-12(14)8-20-17(23)13-2-1-5-21(13)18(24)11-3-4-15-16(6-11)26-10-25-15/h3-4,6,12-14,19,22H,1-2,5,7-10H2,(H,20,23). The summed E-state index contributed by atoms with van der Waals surface area (Å²) in [5, 5.41) is 15.8. The molecule has 8 nitrogen and oxygen atoms in total. The number of hydrogen-bond donors (Lipinski definition) is 3. The highest BCUT2D eigenvalue weighted by Gasteiger charge is 2.35. The molecule has 3 unspecified atom stereocenters. The van der Waals surface area contributed by atoms with E-state index < -0.39 is 12.1 Å². The van der Waals surface area contributed by atoms with Gasteiger partial charge in [0.1, 0.15) is 6.04 Å². The number of rotatable bonds is 4. The van der Waals surface area contributed by atoms with Gasteiger partial charge in [-0.05, 0) is 31.0 Å². The fourth-order valence-electron chi connectivity index (χ4n) is 3.75. The van der Waals surface area contributed by atoms with Crippen LogP contribution >= 0.6 is 0 Å². The molecule has 26 heavy (non-hydrogen) atoms. The predicted molar refractivity (Wildman–Crippen MR) is 92.0 cm³/mol. The van der Waals surface area contributed by atoms with Gasteiger partial charge in [0.15, 0.2) is 11.5 Å². The molecule has 140 valence electrons. The zero-order valence-electron chi connectivity index (χ0n) is 14.4. The summed E-state index contributed by atoms with van der Waals surface area (Å²) in [6.45, 7) is 2.36. The Balaban J connectivity index is 1.40. The molecular formula is C18H23N3O5. The number of ether oxygens (including phenoxy) is 2. The molecule has 3 aliphatic rings. The van der Waals surface area contributed by atoms with Crippen molar-refractivity contribution in [2.24, 2.45) is 5.92 Å². The zero-order chi connectivity index (χ0) is 18.1. The van der Waals surface area contributed by atoms with Crippen LogP contribution in [0.5, 0.6) is 11.5 Å². The van der Waals surface area contributed by atoms with Crippen molar-refractivity contribution in [1.82, 2.24) is 15.5 Å². The van der Waals surface area contributed by atoms with Gasteiger partial charge in [0, 0.05) is 37.7 Å². The Morgan fingerprint density at radius 2 is 2.12 bits per heavy atom. The summed E-state index contributed by atoms with van der Waals surface area (Å²) in [4.78, 5) is 27.1. The van der Waals surface area contributed by atoms with E-state index in [1.165, 1.54) is 0 Å². The first-order valence-corrected chi connectivity index (χ1v) is 9.00. The first-order chi connectivity index (χ1) is 12.6. The van der Waals surface area contributed by atoms with E-state index >= 15 is 0 Å². The van der Waals surface area contributed by atoms with Crippen molar-refractivity contribution in [1.29, 1.82) is 0 Å². The van der Waals surface area contributed by atoms with Gasteiger partial charge in [-0.3, -0.25) is 9.59 Å². The molecule has 0 bridgehead atoms. The average Bonchev–Trinajstić information content (AvgIpc) is 3.38. The molecule has 0 saturated carbocycles. The molecule has 0 radical (unpaired) electrons. The van der Waals surface area contributed by atoms with Crippen molar-refractivity contribution in [3.05, 3.63) is 23.8 Å². The molecule has 2 fully saturated rings. The van der Waals surface area contributed by atoms with Crippen molar-refractivity contribution < 1.29 is 24.2 Å². The molecule has 3 atom stereocenters. The predicted octanol–water partition coefficient (Wildman–Crippen LogP) is -0.284. The number of nitrogens with one attached hydrogen (secondary N) is 2. The number of fused-ring (bicyclic) bond motifs is 1. The second kappa shape index (κ2) is 7.13. The maximum atomic E-state index is 12.9. The third-order valence-corrected chi connectivity index (χ3v) is 5.28. The van der Waals surface area contributed by atoms with Crippen molar-refractivity contribution in [3.63, 3.8) is 0 Å². The number of hydrogen-bond acceptors (Lipinski definition) is 6. The number of aliphatic hydroxyl groups is 1. The van der Waals surface area contributed by atoms with Crippen LogP contribution in [0.3, 0.4) is 0 Å². The first kappa shape index (κ1) is 17.1. The van der Waals surface area contributed by atoms with Gasteiger partial charge in [-0.15, -0.1) is 0 Å². The van der Waals surface area contributed by atoms with Crippen LogP contribution in [0.25, 0.3) is 0 Å². The molecule has 2 amide bonds. The van der Waals surface area contributed by atoms with Crippen LogP contribution in [0.1, 0.15) is 23.2 Å². The highest BCUT2D eigenvalue weighted by molar-refractivity contribution is 5.98. The molecule has 4 rings (SSSR count). The topological polar surface area (TPSA) is 100 Å². The smallest absolute Gasteiger partial charge is 0.254 e. The van der Waals surface area contributed by atoms with Crippen molar-refractivity contribution in [2.45, 2.75) is 25.0 Å². The van der Waals surface area contributed by atoms with Gasteiger partial charge in [-0.2, -0.15) is 0 Å². The molecule has 3 heterocycles. The Labute approximate surface area is 151 Å². The lowest BCUT2D eigenvalue weighted by Crippen LogP contribution is -2.47. The van der Waals surface area contributed by atoms with Gasteiger partial charge in [-0.1, -0.05) is 0 Å². The lowest BCUT2D eigenvalue weighted by Gasteiger charge is -2.25. The highest BCUT2D eigenvalue weighted by atomic mass is 16.7. The van der Waals surface area contributed by atoms with Crippen molar-refractivity contribution >= 4 is 11.8 Å². The molecule has 8 heteroatoms. The fourth-order valence-corrected chi connectivity index (χ4v) is 3.75. The third-order valence-electron chi connectivity index (χ3n) is 5.28. The minimum absolute atomic E-state index is 0.0124. The van der Waals surface area contributed by atoms with Gasteiger partial charge in [0.2, 0.25) is 12.7 Å². The maximum Gasteiger partial charge on any atom is 0.254 e. The maximum absolute atomic E-state index is 12.9. The van der Waals surface area contributed by atoms with Crippen LogP contribution in [0, 0.1) is 5.92 Å². The van der Waals surface area contributed by atoms with Crippen molar-refractivity contribution in [3.8, 4) is 11.5 Å². The number of likely N-dealkylation sites (tertiary alicyclic amines) is 1. The minimum Gasteiger partial charge on any atom is -0.454 e. The summed E-state index contributed by atoms with van der Waals surface area (Å²) in [5.41, 5.74) is 0.490. The largest absolute Gasteiger partial charge is 0.454 e. The summed E-state index contributed by atoms with van der Waals surface area (Å²) in [6, 6.07) is 4.61. The second-order valence-electron chi connectivity index (χ2n) is 6.96. The summed E-state index contributed by atoms with van der Waals surface area (Å²) < 4.78 is 10.6. The molecule has 2 saturated heterocycles. The molecule has 0 aromatic heterocycles. The Kier molecular flexibility index (Phi) is 4.69. The third kappa shape index (κ3) is 3.22. The summed E-state index contributed by atoms with van der Waals surface area (Å²) in [6.07, 6.45) is 1.00. The Bertz CT molecular complexity index is 710. The van der Waals surface area contributed by atoms with E-state index in [0.29, 0.717) is 49.7 Å². The summed E-state index contributed by atoms with van der Waals surface area (Å²) in [7, 11) is 0. The van der Waals surface area contributed by atoms with E-state index in [2.05, 4.69) is 10.6 Å². The Hall–Kier alpha value is -2.32. The quantitative estimate of drug-likeness (QED) is 0.682. The van der Waals surface area contributed by atoms with E-state index in [-0.39, 0.29) is 24.5 Å². The lowest BCUT2D eigenvalue weighted by atomic mass is 10.1. The number of aliphatic hydroxyl groups excluding tert-OH is 1. The van der Waals surface area contributed by atoms with Crippen molar-refractivity contribution in [2.75, 3.05) is 33.0 Å². The minimum atomic E-state index is -0.473. The molecule has 3 aliphatic heterocycles. The Morgan fingerprint density at radius 1 is 1.27 bits per heavy atom. The summed E-state index contributed by atoms with van der Waals surface area (Å²) >= 11 is 0. The molecule has 0 aliphatic carbocycles. The lowest BCUT2D eigenvalue weighted by molar-refractivity contribution is -0.125. The number of carbonyl (C=O) groups excluding carboxylic acids is 2. The van der Waals surface area contributed by atoms with E-state index in [1.807, 2.05) is 0 Å². The van der Waals surface area contributed by atoms with E-state index in [0.717, 1.165) is 6.42 Å². The van der Waals surface area contributed by atoms with Gasteiger partial charge < -0.3 is 30.1 Å². The van der Waals surface area contributed by atoms with E-state index in [4.69, 9.17) is 9.47 Å². The first-order valence-electron chi connectivity index (χ1n) is 9.00. The van der Waals surface area contributed by atoms with Crippen LogP contribution in [0.15, 0.2) is 18.2 Å². The Morgan fingerprint density at radius 3 is 2.92 bits per heavy atom. The number of benzene rings is 1. The van der Waals surface area contributed by atoms with Gasteiger partial charge in [0.25, 0.3) is 5.91 Å². The second-order valence-corrected chi connectivity index (χ2v) is 6.96. The van der Waals surface area contributed by atoms with Gasteiger partial charge >= 0.3 is 0 Å². The van der Waals surface area contributed by atoms with E-state index in [1.54, 1.807) is 23.1 Å². The number of amides is 2. The van der Waals surface area contributed by atoms with E-state index in [9.17, 15) is 14.7 Å². The van der Waals surface area contributed by atoms with Crippen LogP contribution in [-0.2, 0) is 4.79 Å². The molecule has 3 N–H and O–H groups in total. The average molecular weight is 361 g/mol. The van der Waals surface area contributed by atoms with Gasteiger partial charge in [-0.25, -0.2) is 0 Å². The molecule has 1 aromatic carbocycles. The molecule has 1 aromatic rings. The number of nitrogens with zero attached hydrogens (tertiary/aromatic N) is 1. The van der Waals surface area contributed by atoms with Crippen LogP contribution < -0.4 is 20.1 Å². The summed E-state index contributed by atoms with van der Waals surface area (Å²) in [5.74, 6) is 0.859. The van der Waals surface area contributed by atoms with Crippen LogP contribution in [-0.4, -0.2) is 66.9 Å². The highest BCUT2D eigenvalue weighted by Crippen LogP contribution is 2.33. The SMILES string of the molecule is O=C(NCC1CNCC1O)C1CCCN1C(=O)c1ccc2c(c1)OCO2. The monoisotopic (exact) mass is 361 g/mol.